The summed E-state index contributed by atoms with van der Waals surface area (Å²) in [6.07, 6.45) is 1.04. The SMILES string of the molecule is Cc1ccc(CC(=O)Nc2ccc([C@@H]3C[C@H]3C(=O)O)cc2)cc1C. The zero-order valence-electron chi connectivity index (χ0n) is 13.9. The highest BCUT2D eigenvalue weighted by Gasteiger charge is 2.43. The van der Waals surface area contributed by atoms with Gasteiger partial charge in [-0.1, -0.05) is 30.3 Å². The second-order valence-corrected chi connectivity index (χ2v) is 6.55. The molecule has 0 saturated heterocycles. The summed E-state index contributed by atoms with van der Waals surface area (Å²) in [7, 11) is 0. The van der Waals surface area contributed by atoms with Crippen molar-refractivity contribution in [1.82, 2.24) is 0 Å². The normalized spacial score (nSPS) is 18.9. The van der Waals surface area contributed by atoms with E-state index in [0.29, 0.717) is 12.8 Å². The highest BCUT2D eigenvalue weighted by molar-refractivity contribution is 5.92. The summed E-state index contributed by atoms with van der Waals surface area (Å²) in [4.78, 5) is 23.1. The minimum atomic E-state index is -0.731. The minimum Gasteiger partial charge on any atom is -0.481 e. The highest BCUT2D eigenvalue weighted by atomic mass is 16.4. The topological polar surface area (TPSA) is 66.4 Å². The number of nitrogens with one attached hydrogen (secondary N) is 1. The van der Waals surface area contributed by atoms with Gasteiger partial charge < -0.3 is 10.4 Å². The van der Waals surface area contributed by atoms with E-state index >= 15 is 0 Å². The molecule has 1 aliphatic carbocycles. The number of carbonyl (C=O) groups is 2. The van der Waals surface area contributed by atoms with Crippen LogP contribution < -0.4 is 5.32 Å². The van der Waals surface area contributed by atoms with Crippen LogP contribution in [0.25, 0.3) is 0 Å². The van der Waals surface area contributed by atoms with Crippen LogP contribution in [0.15, 0.2) is 42.5 Å². The molecule has 2 atom stereocenters. The van der Waals surface area contributed by atoms with Gasteiger partial charge in [0.25, 0.3) is 0 Å². The fourth-order valence-corrected chi connectivity index (χ4v) is 2.95. The van der Waals surface area contributed by atoms with E-state index in [0.717, 1.165) is 16.8 Å². The Balaban J connectivity index is 1.58. The van der Waals surface area contributed by atoms with E-state index in [2.05, 4.69) is 12.2 Å². The minimum absolute atomic E-state index is 0.0548. The Morgan fingerprint density at radius 3 is 2.38 bits per heavy atom. The van der Waals surface area contributed by atoms with Crippen LogP contribution in [0.2, 0.25) is 0 Å². The third-order valence-electron chi connectivity index (χ3n) is 4.67. The number of carbonyl (C=O) groups excluding carboxylic acids is 1. The molecule has 4 nitrogen and oxygen atoms in total. The molecular formula is C20H21NO3. The van der Waals surface area contributed by atoms with Crippen LogP contribution in [0.1, 0.15) is 34.6 Å². The van der Waals surface area contributed by atoms with Gasteiger partial charge in [-0.05, 0) is 60.6 Å². The lowest BCUT2D eigenvalue weighted by Crippen LogP contribution is -2.14. The molecule has 1 amide bonds. The van der Waals surface area contributed by atoms with Gasteiger partial charge in [0, 0.05) is 5.69 Å². The Morgan fingerprint density at radius 2 is 1.79 bits per heavy atom. The molecule has 4 heteroatoms. The van der Waals surface area contributed by atoms with E-state index in [1.54, 1.807) is 0 Å². The summed E-state index contributed by atoms with van der Waals surface area (Å²) in [5, 5.41) is 11.9. The van der Waals surface area contributed by atoms with Crippen molar-refractivity contribution in [2.24, 2.45) is 5.92 Å². The van der Waals surface area contributed by atoms with Gasteiger partial charge in [-0.15, -0.1) is 0 Å². The van der Waals surface area contributed by atoms with Crippen LogP contribution in [0, 0.1) is 19.8 Å². The van der Waals surface area contributed by atoms with Crippen molar-refractivity contribution in [3.8, 4) is 0 Å². The zero-order valence-corrected chi connectivity index (χ0v) is 13.9. The third kappa shape index (κ3) is 3.65. The number of benzene rings is 2. The summed E-state index contributed by atoms with van der Waals surface area (Å²) in [6.45, 7) is 4.09. The van der Waals surface area contributed by atoms with Crippen molar-refractivity contribution in [1.29, 1.82) is 0 Å². The van der Waals surface area contributed by atoms with Crippen LogP contribution in [-0.2, 0) is 16.0 Å². The molecule has 3 rings (SSSR count). The molecule has 1 aliphatic rings. The van der Waals surface area contributed by atoms with Crippen LogP contribution in [0.4, 0.5) is 5.69 Å². The molecule has 0 heterocycles. The van der Waals surface area contributed by atoms with Crippen LogP contribution >= 0.6 is 0 Å². The number of carboxylic acids is 1. The number of aliphatic carboxylic acids is 1. The molecule has 0 bridgehead atoms. The summed E-state index contributed by atoms with van der Waals surface area (Å²) in [5.41, 5.74) is 5.15. The van der Waals surface area contributed by atoms with E-state index in [4.69, 9.17) is 5.11 Å². The number of hydrogen-bond acceptors (Lipinski definition) is 2. The maximum absolute atomic E-state index is 12.2. The van der Waals surface area contributed by atoms with Gasteiger partial charge in [-0.2, -0.15) is 0 Å². The highest BCUT2D eigenvalue weighted by Crippen LogP contribution is 2.47. The molecule has 1 saturated carbocycles. The van der Waals surface area contributed by atoms with Gasteiger partial charge >= 0.3 is 5.97 Å². The van der Waals surface area contributed by atoms with E-state index in [9.17, 15) is 9.59 Å². The predicted octanol–water partition coefficient (Wildman–Crippen LogP) is 3.67. The first kappa shape index (κ1) is 16.2. The van der Waals surface area contributed by atoms with Crippen molar-refractivity contribution < 1.29 is 14.7 Å². The van der Waals surface area contributed by atoms with Gasteiger partial charge in [0.05, 0.1) is 12.3 Å². The van der Waals surface area contributed by atoms with Crippen LogP contribution in [0.3, 0.4) is 0 Å². The maximum atomic E-state index is 12.2. The number of hydrogen-bond donors (Lipinski definition) is 2. The molecule has 0 unspecified atom stereocenters. The standard InChI is InChI=1S/C20H21NO3/c1-12-3-4-14(9-13(12)2)10-19(22)21-16-7-5-15(6-8-16)17-11-18(17)20(23)24/h3-9,17-18H,10-11H2,1-2H3,(H,21,22)(H,23,24)/t17-,18+/m0/s1. The first-order valence-electron chi connectivity index (χ1n) is 8.13. The van der Waals surface area contributed by atoms with Crippen molar-refractivity contribution in [2.75, 3.05) is 5.32 Å². The molecular weight excluding hydrogens is 302 g/mol. The molecule has 0 aromatic heterocycles. The Morgan fingerprint density at radius 1 is 1.08 bits per heavy atom. The predicted molar refractivity (Wildman–Crippen MR) is 93.2 cm³/mol. The van der Waals surface area contributed by atoms with Gasteiger partial charge in [0.2, 0.25) is 5.91 Å². The number of amides is 1. The smallest absolute Gasteiger partial charge is 0.307 e. The van der Waals surface area contributed by atoms with Crippen LogP contribution in [0.5, 0.6) is 0 Å². The Hall–Kier alpha value is -2.62. The van der Waals surface area contributed by atoms with Crippen molar-refractivity contribution in [3.05, 3.63) is 64.7 Å². The fourth-order valence-electron chi connectivity index (χ4n) is 2.95. The van der Waals surface area contributed by atoms with Crippen molar-refractivity contribution >= 4 is 17.6 Å². The second-order valence-electron chi connectivity index (χ2n) is 6.55. The number of aryl methyl sites for hydroxylation is 2. The Bertz CT molecular complexity index is 780. The lowest BCUT2D eigenvalue weighted by Gasteiger charge is -2.08. The van der Waals surface area contributed by atoms with Gasteiger partial charge in [-0.25, -0.2) is 0 Å². The summed E-state index contributed by atoms with van der Waals surface area (Å²) in [5.74, 6) is -0.926. The molecule has 124 valence electrons. The average Bonchev–Trinajstić information content (AvgIpc) is 3.32. The molecule has 2 aromatic carbocycles. The van der Waals surface area contributed by atoms with E-state index in [1.807, 2.05) is 49.4 Å². The number of carboxylic acid groups (broad SMARTS) is 1. The summed E-state index contributed by atoms with van der Waals surface area (Å²) < 4.78 is 0. The Labute approximate surface area is 141 Å². The second kappa shape index (κ2) is 6.48. The quantitative estimate of drug-likeness (QED) is 0.882. The van der Waals surface area contributed by atoms with Gasteiger partial charge in [0.1, 0.15) is 0 Å². The number of anilines is 1. The van der Waals surface area contributed by atoms with E-state index < -0.39 is 5.97 Å². The third-order valence-corrected chi connectivity index (χ3v) is 4.67. The largest absolute Gasteiger partial charge is 0.481 e. The van der Waals surface area contributed by atoms with E-state index in [1.165, 1.54) is 11.1 Å². The van der Waals surface area contributed by atoms with Crippen LogP contribution in [-0.4, -0.2) is 17.0 Å². The average molecular weight is 323 g/mol. The fraction of sp³-hybridized carbons (Fsp3) is 0.300. The molecule has 2 aromatic rings. The lowest BCUT2D eigenvalue weighted by atomic mass is 10.0. The zero-order chi connectivity index (χ0) is 17.3. The molecule has 0 spiro atoms. The summed E-state index contributed by atoms with van der Waals surface area (Å²) >= 11 is 0. The number of rotatable bonds is 5. The molecule has 0 aliphatic heterocycles. The van der Waals surface area contributed by atoms with E-state index in [-0.39, 0.29) is 17.7 Å². The molecule has 24 heavy (non-hydrogen) atoms. The first-order chi connectivity index (χ1) is 11.4. The first-order valence-corrected chi connectivity index (χ1v) is 8.13. The summed E-state index contributed by atoms with van der Waals surface area (Å²) in [6, 6.07) is 13.5. The molecule has 2 N–H and O–H groups in total. The Kier molecular flexibility index (Phi) is 4.38. The van der Waals surface area contributed by atoms with Crippen molar-refractivity contribution in [3.63, 3.8) is 0 Å². The maximum Gasteiger partial charge on any atom is 0.307 e. The molecule has 0 radical (unpaired) electrons. The van der Waals surface area contributed by atoms with Gasteiger partial charge in [0.15, 0.2) is 0 Å². The van der Waals surface area contributed by atoms with Gasteiger partial charge in [-0.3, -0.25) is 9.59 Å². The lowest BCUT2D eigenvalue weighted by molar-refractivity contribution is -0.138. The van der Waals surface area contributed by atoms with Crippen molar-refractivity contribution in [2.45, 2.75) is 32.6 Å². The molecule has 1 fully saturated rings. The monoisotopic (exact) mass is 323 g/mol.